The van der Waals surface area contributed by atoms with Crippen molar-refractivity contribution in [2.75, 3.05) is 6.54 Å². The molecule has 23 heavy (non-hydrogen) atoms. The molecule has 0 saturated carbocycles. The van der Waals surface area contributed by atoms with Gasteiger partial charge in [0.25, 0.3) is 0 Å². The number of hydrogen-bond donors (Lipinski definition) is 3. The quantitative estimate of drug-likeness (QED) is 0.531. The predicted molar refractivity (Wildman–Crippen MR) is 95.7 cm³/mol. The molecule has 0 aliphatic carbocycles. The van der Waals surface area contributed by atoms with Gasteiger partial charge < -0.3 is 15.8 Å². The number of aromatic hydroxyl groups is 1. The van der Waals surface area contributed by atoms with Crippen molar-refractivity contribution in [2.24, 2.45) is 5.73 Å². The molecule has 0 radical (unpaired) electrons. The SMILES string of the molecule is NCCc1c[nH]c2ccc(-c3ccc4cc(O)ccc4c3)cc12. The van der Waals surface area contributed by atoms with E-state index in [-0.39, 0.29) is 0 Å². The zero-order chi connectivity index (χ0) is 15.8. The number of aromatic nitrogens is 1. The summed E-state index contributed by atoms with van der Waals surface area (Å²) >= 11 is 0. The van der Waals surface area contributed by atoms with Gasteiger partial charge in [-0.1, -0.05) is 24.3 Å². The van der Waals surface area contributed by atoms with E-state index >= 15 is 0 Å². The van der Waals surface area contributed by atoms with E-state index in [4.69, 9.17) is 5.73 Å². The first kappa shape index (κ1) is 13.9. The standard InChI is InChI=1S/C20H18N2O/c21-8-7-17-12-22-20-6-4-16(11-19(17)20)13-1-2-15-10-18(23)5-3-14(15)9-13/h1-6,9-12,22-23H,7-8,21H2. The van der Waals surface area contributed by atoms with Crippen LogP contribution in [0.2, 0.25) is 0 Å². The average Bonchev–Trinajstić information content (AvgIpc) is 2.97. The van der Waals surface area contributed by atoms with Crippen LogP contribution in [0.4, 0.5) is 0 Å². The summed E-state index contributed by atoms with van der Waals surface area (Å²) in [4.78, 5) is 3.30. The number of fused-ring (bicyclic) bond motifs is 2. The third-order valence-electron chi connectivity index (χ3n) is 4.34. The molecule has 4 aromatic rings. The molecule has 0 aliphatic heterocycles. The van der Waals surface area contributed by atoms with E-state index in [2.05, 4.69) is 35.3 Å². The Kier molecular flexibility index (Phi) is 3.28. The molecule has 0 aliphatic rings. The van der Waals surface area contributed by atoms with Gasteiger partial charge in [0.15, 0.2) is 0 Å². The number of H-pyrrole nitrogens is 1. The molecule has 114 valence electrons. The van der Waals surface area contributed by atoms with Gasteiger partial charge in [0, 0.05) is 17.1 Å². The number of nitrogens with one attached hydrogen (secondary N) is 1. The van der Waals surface area contributed by atoms with Crippen LogP contribution in [0.5, 0.6) is 5.75 Å². The molecule has 3 nitrogen and oxygen atoms in total. The van der Waals surface area contributed by atoms with Crippen LogP contribution in [0.25, 0.3) is 32.8 Å². The third-order valence-corrected chi connectivity index (χ3v) is 4.34. The summed E-state index contributed by atoms with van der Waals surface area (Å²) in [5.74, 6) is 0.297. The molecule has 0 bridgehead atoms. The van der Waals surface area contributed by atoms with Gasteiger partial charge in [-0.15, -0.1) is 0 Å². The second-order valence-electron chi connectivity index (χ2n) is 5.86. The highest BCUT2D eigenvalue weighted by atomic mass is 16.3. The Morgan fingerprint density at radius 2 is 1.61 bits per heavy atom. The first-order valence-corrected chi connectivity index (χ1v) is 7.78. The van der Waals surface area contributed by atoms with E-state index in [1.165, 1.54) is 22.1 Å². The number of phenolic OH excluding ortho intramolecular Hbond substituents is 1. The van der Waals surface area contributed by atoms with Gasteiger partial charge in [0.05, 0.1) is 0 Å². The second-order valence-corrected chi connectivity index (χ2v) is 5.86. The van der Waals surface area contributed by atoms with Gasteiger partial charge in [-0.25, -0.2) is 0 Å². The molecular formula is C20H18N2O. The van der Waals surface area contributed by atoms with Crippen LogP contribution >= 0.6 is 0 Å². The van der Waals surface area contributed by atoms with Gasteiger partial charge in [-0.05, 0) is 70.8 Å². The van der Waals surface area contributed by atoms with E-state index in [0.29, 0.717) is 12.3 Å². The molecule has 1 heterocycles. The van der Waals surface area contributed by atoms with Crippen LogP contribution in [0.3, 0.4) is 0 Å². The van der Waals surface area contributed by atoms with E-state index in [1.54, 1.807) is 12.1 Å². The molecular weight excluding hydrogens is 284 g/mol. The zero-order valence-corrected chi connectivity index (χ0v) is 12.7. The van der Waals surface area contributed by atoms with Crippen LogP contribution in [-0.2, 0) is 6.42 Å². The van der Waals surface area contributed by atoms with Crippen LogP contribution in [0.1, 0.15) is 5.56 Å². The molecule has 4 rings (SSSR count). The molecule has 3 aromatic carbocycles. The predicted octanol–water partition coefficient (Wildman–Crippen LogP) is 4.19. The fourth-order valence-electron chi connectivity index (χ4n) is 3.13. The summed E-state index contributed by atoms with van der Waals surface area (Å²) in [5, 5.41) is 13.0. The molecule has 0 atom stereocenters. The highest BCUT2D eigenvalue weighted by Crippen LogP contribution is 2.29. The largest absolute Gasteiger partial charge is 0.508 e. The van der Waals surface area contributed by atoms with Crippen LogP contribution in [0.15, 0.2) is 60.8 Å². The fourth-order valence-corrected chi connectivity index (χ4v) is 3.13. The van der Waals surface area contributed by atoms with Crippen molar-refractivity contribution in [1.82, 2.24) is 4.98 Å². The molecule has 4 N–H and O–H groups in total. The van der Waals surface area contributed by atoms with E-state index in [0.717, 1.165) is 22.7 Å². The fraction of sp³-hybridized carbons (Fsp3) is 0.100. The van der Waals surface area contributed by atoms with Crippen LogP contribution in [-0.4, -0.2) is 16.6 Å². The van der Waals surface area contributed by atoms with Crippen LogP contribution in [0, 0.1) is 0 Å². The topological polar surface area (TPSA) is 62.0 Å². The van der Waals surface area contributed by atoms with Crippen molar-refractivity contribution in [3.63, 3.8) is 0 Å². The monoisotopic (exact) mass is 302 g/mol. The Balaban J connectivity index is 1.84. The first-order chi connectivity index (χ1) is 11.2. The lowest BCUT2D eigenvalue weighted by molar-refractivity contribution is 0.476. The zero-order valence-electron chi connectivity index (χ0n) is 12.7. The van der Waals surface area contributed by atoms with E-state index in [1.807, 2.05) is 18.3 Å². The Bertz CT molecular complexity index is 1000. The van der Waals surface area contributed by atoms with Crippen molar-refractivity contribution in [3.05, 3.63) is 66.4 Å². The average molecular weight is 302 g/mol. The highest BCUT2D eigenvalue weighted by Gasteiger charge is 2.06. The lowest BCUT2D eigenvalue weighted by Crippen LogP contribution is -2.01. The Morgan fingerprint density at radius 3 is 2.48 bits per heavy atom. The molecule has 0 amide bonds. The summed E-state index contributed by atoms with van der Waals surface area (Å²) < 4.78 is 0. The van der Waals surface area contributed by atoms with Gasteiger partial charge >= 0.3 is 0 Å². The highest BCUT2D eigenvalue weighted by molar-refractivity contribution is 5.92. The maximum atomic E-state index is 9.58. The number of aromatic amines is 1. The van der Waals surface area contributed by atoms with Gasteiger partial charge in [-0.2, -0.15) is 0 Å². The summed E-state index contributed by atoms with van der Waals surface area (Å²) in [6.07, 6.45) is 2.92. The summed E-state index contributed by atoms with van der Waals surface area (Å²) in [7, 11) is 0. The molecule has 0 unspecified atom stereocenters. The molecule has 0 saturated heterocycles. The normalized spacial score (nSPS) is 11.3. The molecule has 0 spiro atoms. The Hall–Kier alpha value is -2.78. The molecule has 1 aromatic heterocycles. The minimum Gasteiger partial charge on any atom is -0.508 e. The van der Waals surface area contributed by atoms with Crippen LogP contribution < -0.4 is 5.73 Å². The minimum atomic E-state index is 0.297. The molecule has 0 fully saturated rings. The van der Waals surface area contributed by atoms with Crippen molar-refractivity contribution >= 4 is 21.7 Å². The summed E-state index contributed by atoms with van der Waals surface area (Å²) in [6, 6.07) is 18.2. The number of phenols is 1. The van der Waals surface area contributed by atoms with E-state index < -0.39 is 0 Å². The van der Waals surface area contributed by atoms with Gasteiger partial charge in [-0.3, -0.25) is 0 Å². The number of rotatable bonds is 3. The first-order valence-electron chi connectivity index (χ1n) is 7.78. The lowest BCUT2D eigenvalue weighted by atomic mass is 9.99. The summed E-state index contributed by atoms with van der Waals surface area (Å²) in [5.41, 5.74) is 10.5. The van der Waals surface area contributed by atoms with Crippen molar-refractivity contribution in [1.29, 1.82) is 0 Å². The number of hydrogen-bond acceptors (Lipinski definition) is 2. The maximum Gasteiger partial charge on any atom is 0.116 e. The van der Waals surface area contributed by atoms with Gasteiger partial charge in [0.2, 0.25) is 0 Å². The van der Waals surface area contributed by atoms with Crippen molar-refractivity contribution in [2.45, 2.75) is 6.42 Å². The molecule has 3 heteroatoms. The number of nitrogens with two attached hydrogens (primary N) is 1. The smallest absolute Gasteiger partial charge is 0.116 e. The second kappa shape index (κ2) is 5.45. The maximum absolute atomic E-state index is 9.58. The minimum absolute atomic E-state index is 0.297. The Morgan fingerprint density at radius 1 is 0.870 bits per heavy atom. The lowest BCUT2D eigenvalue weighted by Gasteiger charge is -2.06. The summed E-state index contributed by atoms with van der Waals surface area (Å²) in [6.45, 7) is 0.649. The van der Waals surface area contributed by atoms with E-state index in [9.17, 15) is 5.11 Å². The Labute approximate surface area is 134 Å². The van der Waals surface area contributed by atoms with Gasteiger partial charge in [0.1, 0.15) is 5.75 Å². The van der Waals surface area contributed by atoms with Crippen molar-refractivity contribution < 1.29 is 5.11 Å². The van der Waals surface area contributed by atoms with Crippen molar-refractivity contribution in [3.8, 4) is 16.9 Å². The third kappa shape index (κ3) is 2.45. The number of benzene rings is 3.